The predicted molar refractivity (Wildman–Crippen MR) is 84.4 cm³/mol. The van der Waals surface area contributed by atoms with E-state index in [1.165, 1.54) is 0 Å². The number of hydrogen-bond acceptors (Lipinski definition) is 4. The molecule has 1 aromatic carbocycles. The molecule has 1 aliphatic rings. The van der Waals surface area contributed by atoms with Gasteiger partial charge in [-0.1, -0.05) is 0 Å². The Morgan fingerprint density at radius 1 is 1.19 bits per heavy atom. The van der Waals surface area contributed by atoms with Crippen LogP contribution in [0.25, 0.3) is 0 Å². The molecule has 1 aliphatic heterocycles. The first kappa shape index (κ1) is 15.6. The number of amides is 2. The van der Waals surface area contributed by atoms with Crippen LogP contribution in [0.4, 0.5) is 16.2 Å². The summed E-state index contributed by atoms with van der Waals surface area (Å²) >= 11 is 0. The van der Waals surface area contributed by atoms with Gasteiger partial charge in [-0.3, -0.25) is 0 Å². The van der Waals surface area contributed by atoms with Crippen molar-refractivity contribution < 1.29 is 13.2 Å². The Labute approximate surface area is 125 Å². The molecule has 0 aliphatic carbocycles. The molecule has 0 spiro atoms. The minimum absolute atomic E-state index is 0.0296. The molecular weight excluding hydrogens is 290 g/mol. The van der Waals surface area contributed by atoms with Crippen molar-refractivity contribution in [2.24, 2.45) is 0 Å². The van der Waals surface area contributed by atoms with Crippen LogP contribution >= 0.6 is 0 Å². The van der Waals surface area contributed by atoms with E-state index in [-0.39, 0.29) is 29.6 Å². The summed E-state index contributed by atoms with van der Waals surface area (Å²) in [4.78, 5) is 11.6. The second kappa shape index (κ2) is 6.34. The maximum atomic E-state index is 11.6. The molecule has 2 amide bonds. The molecule has 116 valence electrons. The fraction of sp³-hybridized carbons (Fsp3) is 0.500. The van der Waals surface area contributed by atoms with Gasteiger partial charge in [0.05, 0.1) is 11.5 Å². The van der Waals surface area contributed by atoms with Gasteiger partial charge in [-0.25, -0.2) is 13.2 Å². The zero-order chi connectivity index (χ0) is 15.5. The molecule has 1 aromatic rings. The molecule has 6 nitrogen and oxygen atoms in total. The van der Waals surface area contributed by atoms with Crippen LogP contribution in [0.5, 0.6) is 0 Å². The summed E-state index contributed by atoms with van der Waals surface area (Å²) in [5.41, 5.74) is 1.55. The Balaban J connectivity index is 1.89. The number of benzene rings is 1. The summed E-state index contributed by atoms with van der Waals surface area (Å²) in [5, 5.41) is 8.68. The summed E-state index contributed by atoms with van der Waals surface area (Å²) < 4.78 is 22.8. The number of rotatable bonds is 4. The molecule has 0 radical (unpaired) electrons. The number of hydrogen-bond donors (Lipinski definition) is 3. The summed E-state index contributed by atoms with van der Waals surface area (Å²) in [7, 11) is -2.88. The first-order valence-electron chi connectivity index (χ1n) is 6.98. The van der Waals surface area contributed by atoms with E-state index in [9.17, 15) is 13.2 Å². The third-order valence-electron chi connectivity index (χ3n) is 3.17. The van der Waals surface area contributed by atoms with Crippen LogP contribution < -0.4 is 16.0 Å². The molecule has 1 heterocycles. The zero-order valence-electron chi connectivity index (χ0n) is 12.2. The molecule has 1 fully saturated rings. The highest BCUT2D eigenvalue weighted by Gasteiger charge is 2.27. The van der Waals surface area contributed by atoms with Crippen molar-refractivity contribution in [3.05, 3.63) is 24.3 Å². The smallest absolute Gasteiger partial charge is 0.319 e. The van der Waals surface area contributed by atoms with Crippen molar-refractivity contribution in [2.45, 2.75) is 32.4 Å². The molecule has 21 heavy (non-hydrogen) atoms. The van der Waals surface area contributed by atoms with E-state index in [1.807, 2.05) is 26.0 Å². The molecule has 1 atom stereocenters. The van der Waals surface area contributed by atoms with Crippen molar-refractivity contribution in [3.8, 4) is 0 Å². The van der Waals surface area contributed by atoms with Crippen molar-refractivity contribution >= 4 is 27.2 Å². The highest BCUT2D eigenvalue weighted by atomic mass is 32.2. The maximum Gasteiger partial charge on any atom is 0.319 e. The van der Waals surface area contributed by atoms with E-state index in [1.54, 1.807) is 12.1 Å². The molecule has 1 unspecified atom stereocenters. The average Bonchev–Trinajstić information content (AvgIpc) is 2.70. The number of carbonyl (C=O) groups excluding carboxylic acids is 1. The number of nitrogens with one attached hydrogen (secondary N) is 3. The number of carbonyl (C=O) groups is 1. The van der Waals surface area contributed by atoms with Gasteiger partial charge in [0, 0.05) is 23.5 Å². The first-order valence-corrected chi connectivity index (χ1v) is 8.81. The van der Waals surface area contributed by atoms with Crippen LogP contribution in [-0.4, -0.2) is 38.0 Å². The monoisotopic (exact) mass is 311 g/mol. The normalized spacial score (nSPS) is 20.2. The quantitative estimate of drug-likeness (QED) is 0.791. The molecule has 0 saturated carbocycles. The van der Waals surface area contributed by atoms with Gasteiger partial charge in [0.15, 0.2) is 9.84 Å². The summed E-state index contributed by atoms with van der Waals surface area (Å²) in [6.07, 6.45) is 0.638. The van der Waals surface area contributed by atoms with Gasteiger partial charge >= 0.3 is 6.03 Å². The predicted octanol–water partition coefficient (Wildman–Crippen LogP) is 1.82. The number of sulfone groups is 1. The van der Waals surface area contributed by atoms with Crippen molar-refractivity contribution in [1.82, 2.24) is 5.32 Å². The lowest BCUT2D eigenvalue weighted by molar-refractivity contribution is 0.250. The topological polar surface area (TPSA) is 87.3 Å². The zero-order valence-corrected chi connectivity index (χ0v) is 13.0. The Morgan fingerprint density at radius 3 is 2.33 bits per heavy atom. The second-order valence-corrected chi connectivity index (χ2v) is 7.80. The van der Waals surface area contributed by atoms with Crippen LogP contribution in [0.1, 0.15) is 20.3 Å². The minimum Gasteiger partial charge on any atom is -0.381 e. The van der Waals surface area contributed by atoms with Gasteiger partial charge in [-0.15, -0.1) is 0 Å². The van der Waals surface area contributed by atoms with E-state index in [4.69, 9.17) is 0 Å². The number of urea groups is 1. The van der Waals surface area contributed by atoms with Crippen LogP contribution in [-0.2, 0) is 9.84 Å². The van der Waals surface area contributed by atoms with E-state index in [0.29, 0.717) is 12.1 Å². The van der Waals surface area contributed by atoms with E-state index in [2.05, 4.69) is 16.0 Å². The molecule has 1 saturated heterocycles. The Hall–Kier alpha value is -1.76. The third-order valence-corrected chi connectivity index (χ3v) is 4.93. The molecule has 0 bridgehead atoms. The first-order chi connectivity index (χ1) is 9.84. The molecule has 3 N–H and O–H groups in total. The average molecular weight is 311 g/mol. The minimum atomic E-state index is -2.88. The summed E-state index contributed by atoms with van der Waals surface area (Å²) in [6, 6.07) is 7.03. The van der Waals surface area contributed by atoms with Crippen LogP contribution in [0.2, 0.25) is 0 Å². The lowest BCUT2D eigenvalue weighted by Gasteiger charge is -2.14. The molecule has 2 rings (SSSR count). The van der Waals surface area contributed by atoms with Crippen LogP contribution in [0, 0.1) is 0 Å². The van der Waals surface area contributed by atoms with Gasteiger partial charge in [-0.2, -0.15) is 0 Å². The standard InChI is InChI=1S/C14H21N3O3S/c1-10(2)15-14(18)17-12-5-3-11(4-6-12)16-13-7-8-21(19,20)9-13/h3-6,10,13,16H,7-9H2,1-2H3,(H2,15,17,18). The Bertz CT molecular complexity index is 596. The lowest BCUT2D eigenvalue weighted by atomic mass is 10.2. The highest BCUT2D eigenvalue weighted by Crippen LogP contribution is 2.19. The van der Waals surface area contributed by atoms with E-state index >= 15 is 0 Å². The Morgan fingerprint density at radius 2 is 1.81 bits per heavy atom. The van der Waals surface area contributed by atoms with Crippen molar-refractivity contribution in [3.63, 3.8) is 0 Å². The molecular formula is C14H21N3O3S. The van der Waals surface area contributed by atoms with Gasteiger partial charge < -0.3 is 16.0 Å². The van der Waals surface area contributed by atoms with Crippen molar-refractivity contribution in [1.29, 1.82) is 0 Å². The third kappa shape index (κ3) is 4.93. The van der Waals surface area contributed by atoms with Crippen molar-refractivity contribution in [2.75, 3.05) is 22.1 Å². The summed E-state index contributed by atoms with van der Waals surface area (Å²) in [6.45, 7) is 3.78. The van der Waals surface area contributed by atoms with Gasteiger partial charge in [-0.05, 0) is 44.5 Å². The van der Waals surface area contributed by atoms with Gasteiger partial charge in [0.25, 0.3) is 0 Å². The number of anilines is 2. The van der Waals surface area contributed by atoms with Gasteiger partial charge in [0.1, 0.15) is 0 Å². The van der Waals surface area contributed by atoms with Crippen LogP contribution in [0.3, 0.4) is 0 Å². The fourth-order valence-corrected chi connectivity index (χ4v) is 3.90. The lowest BCUT2D eigenvalue weighted by Crippen LogP contribution is -2.34. The molecule has 0 aromatic heterocycles. The maximum absolute atomic E-state index is 11.6. The largest absolute Gasteiger partial charge is 0.381 e. The van der Waals surface area contributed by atoms with Crippen LogP contribution in [0.15, 0.2) is 24.3 Å². The van der Waals surface area contributed by atoms with Gasteiger partial charge in [0.2, 0.25) is 0 Å². The molecule has 7 heteroatoms. The fourth-order valence-electron chi connectivity index (χ4n) is 2.22. The summed E-state index contributed by atoms with van der Waals surface area (Å²) in [5.74, 6) is 0.434. The van der Waals surface area contributed by atoms with E-state index in [0.717, 1.165) is 5.69 Å². The Kier molecular flexibility index (Phi) is 4.72. The van der Waals surface area contributed by atoms with E-state index < -0.39 is 9.84 Å². The SMILES string of the molecule is CC(C)NC(=O)Nc1ccc(NC2CCS(=O)(=O)C2)cc1. The highest BCUT2D eigenvalue weighted by molar-refractivity contribution is 7.91. The second-order valence-electron chi connectivity index (χ2n) is 5.57.